The molecule has 0 heterocycles. The minimum atomic E-state index is -3.89. The van der Waals surface area contributed by atoms with Crippen LogP contribution in [0.15, 0.2) is 33.6 Å². The van der Waals surface area contributed by atoms with Gasteiger partial charge in [-0.3, -0.25) is 0 Å². The molecule has 0 atom stereocenters. The van der Waals surface area contributed by atoms with E-state index in [2.05, 4.69) is 15.9 Å². The zero-order valence-corrected chi connectivity index (χ0v) is 15.9. The van der Waals surface area contributed by atoms with E-state index in [9.17, 15) is 8.42 Å². The fourth-order valence-electron chi connectivity index (χ4n) is 2.15. The Bertz CT molecular complexity index is 822. The average molecular weight is 404 g/mol. The Labute approximate surface area is 144 Å². The zero-order chi connectivity index (χ0) is 16.7. The van der Waals surface area contributed by atoms with Crippen molar-refractivity contribution in [1.82, 2.24) is 0 Å². The molecule has 0 radical (unpaired) electrons. The summed E-state index contributed by atoms with van der Waals surface area (Å²) in [5, 5.41) is 0.611. The molecule has 0 unspecified atom stereocenters. The highest BCUT2D eigenvalue weighted by molar-refractivity contribution is 9.10. The molecule has 22 heavy (non-hydrogen) atoms. The molecule has 0 amide bonds. The standard InChI is InChI=1S/C16H16BrClO3S/c1-9-8-15(10(2)7-14(9)17)22(19,20)21-13-5-11(3)16(18)12(4)6-13/h5-8H,1-4H3. The van der Waals surface area contributed by atoms with Crippen molar-refractivity contribution >= 4 is 37.6 Å². The first-order chi connectivity index (χ1) is 10.1. The summed E-state index contributed by atoms with van der Waals surface area (Å²) in [7, 11) is -3.89. The van der Waals surface area contributed by atoms with Gasteiger partial charge in [0.15, 0.2) is 0 Å². The fraction of sp³-hybridized carbons (Fsp3) is 0.250. The van der Waals surface area contributed by atoms with E-state index in [0.29, 0.717) is 10.6 Å². The van der Waals surface area contributed by atoms with E-state index in [0.717, 1.165) is 21.2 Å². The van der Waals surface area contributed by atoms with E-state index in [-0.39, 0.29) is 10.6 Å². The molecule has 0 aliphatic carbocycles. The molecule has 2 aromatic carbocycles. The summed E-state index contributed by atoms with van der Waals surface area (Å²) >= 11 is 9.48. The molecule has 118 valence electrons. The monoisotopic (exact) mass is 402 g/mol. The van der Waals surface area contributed by atoms with Gasteiger partial charge in [-0.1, -0.05) is 27.5 Å². The summed E-state index contributed by atoms with van der Waals surface area (Å²) in [6.45, 7) is 7.19. The van der Waals surface area contributed by atoms with Gasteiger partial charge in [0.1, 0.15) is 10.6 Å². The topological polar surface area (TPSA) is 43.4 Å². The van der Waals surface area contributed by atoms with Gasteiger partial charge < -0.3 is 4.18 Å². The van der Waals surface area contributed by atoms with E-state index in [4.69, 9.17) is 15.8 Å². The van der Waals surface area contributed by atoms with Crippen molar-refractivity contribution in [2.45, 2.75) is 32.6 Å². The molecule has 0 aliphatic rings. The summed E-state index contributed by atoms with van der Waals surface area (Å²) in [6, 6.07) is 6.61. The minimum absolute atomic E-state index is 0.165. The molecule has 0 fully saturated rings. The Kier molecular flexibility index (Phi) is 4.90. The van der Waals surface area contributed by atoms with Crippen LogP contribution in [0.25, 0.3) is 0 Å². The van der Waals surface area contributed by atoms with Gasteiger partial charge >= 0.3 is 10.1 Å². The smallest absolute Gasteiger partial charge is 0.339 e. The molecule has 0 aliphatic heterocycles. The molecule has 2 aromatic rings. The van der Waals surface area contributed by atoms with E-state index in [1.165, 1.54) is 0 Å². The highest BCUT2D eigenvalue weighted by Crippen LogP contribution is 2.30. The van der Waals surface area contributed by atoms with Gasteiger partial charge in [0.25, 0.3) is 0 Å². The van der Waals surface area contributed by atoms with Gasteiger partial charge in [0, 0.05) is 9.50 Å². The lowest BCUT2D eigenvalue weighted by molar-refractivity contribution is 0.485. The number of rotatable bonds is 3. The van der Waals surface area contributed by atoms with Crippen molar-refractivity contribution in [3.05, 3.63) is 56.0 Å². The van der Waals surface area contributed by atoms with Gasteiger partial charge in [-0.15, -0.1) is 0 Å². The number of hydrogen-bond acceptors (Lipinski definition) is 3. The maximum absolute atomic E-state index is 12.5. The van der Waals surface area contributed by atoms with Crippen LogP contribution < -0.4 is 4.18 Å². The number of aryl methyl sites for hydroxylation is 4. The molecule has 0 spiro atoms. The predicted molar refractivity (Wildman–Crippen MR) is 92.4 cm³/mol. The van der Waals surface area contributed by atoms with Crippen LogP contribution in [-0.4, -0.2) is 8.42 Å². The first-order valence-corrected chi connectivity index (χ1v) is 9.17. The lowest BCUT2D eigenvalue weighted by atomic mass is 10.1. The van der Waals surface area contributed by atoms with Crippen molar-refractivity contribution in [2.24, 2.45) is 0 Å². The van der Waals surface area contributed by atoms with Crippen molar-refractivity contribution in [2.75, 3.05) is 0 Å². The summed E-state index contributed by atoms with van der Waals surface area (Å²) < 4.78 is 31.2. The SMILES string of the molecule is Cc1cc(S(=O)(=O)Oc2cc(C)c(Cl)c(C)c2)c(C)cc1Br. The van der Waals surface area contributed by atoms with E-state index >= 15 is 0 Å². The second kappa shape index (κ2) is 6.22. The molecular formula is C16H16BrClO3S. The Hall–Kier alpha value is -1.04. The van der Waals surface area contributed by atoms with E-state index in [1.54, 1.807) is 31.2 Å². The summed E-state index contributed by atoms with van der Waals surface area (Å²) in [5.74, 6) is 0.263. The van der Waals surface area contributed by atoms with Crippen molar-refractivity contribution < 1.29 is 12.6 Å². The number of hydrogen-bond donors (Lipinski definition) is 0. The quantitative estimate of drug-likeness (QED) is 0.669. The van der Waals surface area contributed by atoms with Gasteiger partial charge in [-0.2, -0.15) is 8.42 Å². The second-order valence-electron chi connectivity index (χ2n) is 5.28. The first kappa shape index (κ1) is 17.3. The molecule has 3 nitrogen and oxygen atoms in total. The second-order valence-corrected chi connectivity index (χ2v) is 8.02. The van der Waals surface area contributed by atoms with Crippen LogP contribution in [0.2, 0.25) is 5.02 Å². The summed E-state index contributed by atoms with van der Waals surface area (Å²) in [4.78, 5) is 0.165. The highest BCUT2D eigenvalue weighted by Gasteiger charge is 2.21. The molecule has 0 aromatic heterocycles. The Balaban J connectivity index is 2.47. The third kappa shape index (κ3) is 3.47. The van der Waals surface area contributed by atoms with Crippen LogP contribution in [0.1, 0.15) is 22.3 Å². The fourth-order valence-corrected chi connectivity index (χ4v) is 3.93. The lowest BCUT2D eigenvalue weighted by Gasteiger charge is -2.13. The molecule has 0 N–H and O–H groups in total. The molecule has 0 bridgehead atoms. The summed E-state index contributed by atoms with van der Waals surface area (Å²) in [6.07, 6.45) is 0. The zero-order valence-electron chi connectivity index (χ0n) is 12.7. The molecular weight excluding hydrogens is 388 g/mol. The average Bonchev–Trinajstić information content (AvgIpc) is 2.39. The van der Waals surface area contributed by atoms with Crippen LogP contribution in [-0.2, 0) is 10.1 Å². The highest BCUT2D eigenvalue weighted by atomic mass is 79.9. The molecule has 0 saturated heterocycles. The van der Waals surface area contributed by atoms with E-state index < -0.39 is 10.1 Å². The van der Waals surface area contributed by atoms with Gasteiger partial charge in [0.05, 0.1) is 0 Å². The van der Waals surface area contributed by atoms with Crippen LogP contribution in [0, 0.1) is 27.7 Å². The largest absolute Gasteiger partial charge is 0.379 e. The number of halogens is 2. The third-order valence-corrected chi connectivity index (χ3v) is 6.18. The van der Waals surface area contributed by atoms with Crippen LogP contribution in [0.3, 0.4) is 0 Å². The van der Waals surface area contributed by atoms with Gasteiger partial charge in [-0.25, -0.2) is 0 Å². The maximum Gasteiger partial charge on any atom is 0.339 e. The first-order valence-electron chi connectivity index (χ1n) is 6.60. The van der Waals surface area contributed by atoms with Crippen LogP contribution in [0.5, 0.6) is 5.75 Å². The van der Waals surface area contributed by atoms with Gasteiger partial charge in [0.2, 0.25) is 0 Å². The van der Waals surface area contributed by atoms with Crippen molar-refractivity contribution in [1.29, 1.82) is 0 Å². The molecule has 2 rings (SSSR count). The van der Waals surface area contributed by atoms with Crippen molar-refractivity contribution in [3.63, 3.8) is 0 Å². The number of benzene rings is 2. The maximum atomic E-state index is 12.5. The Morgan fingerprint density at radius 2 is 1.45 bits per heavy atom. The Morgan fingerprint density at radius 1 is 0.909 bits per heavy atom. The lowest BCUT2D eigenvalue weighted by Crippen LogP contribution is -2.12. The normalized spacial score (nSPS) is 11.5. The summed E-state index contributed by atoms with van der Waals surface area (Å²) in [5.41, 5.74) is 3.00. The minimum Gasteiger partial charge on any atom is -0.379 e. The van der Waals surface area contributed by atoms with Gasteiger partial charge in [-0.05, 0) is 74.2 Å². The van der Waals surface area contributed by atoms with E-state index in [1.807, 2.05) is 20.8 Å². The van der Waals surface area contributed by atoms with Crippen LogP contribution in [0.4, 0.5) is 0 Å². The molecule has 0 saturated carbocycles. The van der Waals surface area contributed by atoms with Crippen molar-refractivity contribution in [3.8, 4) is 5.75 Å². The molecule has 6 heteroatoms. The third-order valence-electron chi connectivity index (χ3n) is 3.34. The predicted octanol–water partition coefficient (Wildman–Crippen LogP) is 5.10. The van der Waals surface area contributed by atoms with Crippen LogP contribution >= 0.6 is 27.5 Å². The Morgan fingerprint density at radius 3 is 2.00 bits per heavy atom.